The van der Waals surface area contributed by atoms with Crippen molar-refractivity contribution in [2.24, 2.45) is 0 Å². The summed E-state index contributed by atoms with van der Waals surface area (Å²) in [5.41, 5.74) is 2.93. The average Bonchev–Trinajstić information content (AvgIpc) is 2.60. The quantitative estimate of drug-likeness (QED) is 0.706. The van der Waals surface area contributed by atoms with Gasteiger partial charge in [0.25, 0.3) is 11.8 Å². The summed E-state index contributed by atoms with van der Waals surface area (Å²) in [5.74, 6) is -1.52. The van der Waals surface area contributed by atoms with Crippen molar-refractivity contribution in [1.29, 1.82) is 0 Å². The molecule has 0 heterocycles. The monoisotopic (exact) mass is 418 g/mol. The van der Waals surface area contributed by atoms with E-state index in [2.05, 4.69) is 26.6 Å². The van der Waals surface area contributed by atoms with Gasteiger partial charge in [0.2, 0.25) is 0 Å². The Morgan fingerprint density at radius 3 is 2.50 bits per heavy atom. The molecule has 2 rings (SSSR count). The lowest BCUT2D eigenvalue weighted by Gasteiger charge is -2.10. The van der Waals surface area contributed by atoms with Crippen molar-refractivity contribution in [1.82, 2.24) is 5.32 Å². The Hall–Kier alpha value is -2.67. The van der Waals surface area contributed by atoms with Crippen LogP contribution in [-0.2, 0) is 14.3 Å². The number of carbonyl (C=O) groups excluding carboxylic acids is 3. The van der Waals surface area contributed by atoms with E-state index in [1.54, 1.807) is 31.2 Å². The third-order valence-electron chi connectivity index (χ3n) is 3.55. The first-order valence-electron chi connectivity index (χ1n) is 7.92. The van der Waals surface area contributed by atoms with Crippen LogP contribution in [0.25, 0.3) is 0 Å². The summed E-state index contributed by atoms with van der Waals surface area (Å²) < 4.78 is 5.61. The number of halogens is 1. The first-order chi connectivity index (χ1) is 12.4. The van der Waals surface area contributed by atoms with Gasteiger partial charge in [-0.3, -0.25) is 14.4 Å². The van der Waals surface area contributed by atoms with Crippen molar-refractivity contribution in [3.8, 4) is 0 Å². The first kappa shape index (κ1) is 19.7. The summed E-state index contributed by atoms with van der Waals surface area (Å²) in [7, 11) is 0. The lowest BCUT2D eigenvalue weighted by atomic mass is 10.1. The highest BCUT2D eigenvalue weighted by atomic mass is 79.9. The van der Waals surface area contributed by atoms with E-state index in [0.717, 1.165) is 15.6 Å². The molecule has 0 bridgehead atoms. The summed E-state index contributed by atoms with van der Waals surface area (Å²) >= 11 is 3.35. The molecule has 7 heteroatoms. The third-order valence-corrected chi connectivity index (χ3v) is 4.20. The van der Waals surface area contributed by atoms with Crippen LogP contribution in [0.4, 0.5) is 5.69 Å². The van der Waals surface area contributed by atoms with E-state index in [9.17, 15) is 14.4 Å². The standard InChI is InChI=1S/C19H19BrN2O4/c1-12-7-8-16(15(20)9-12)22-17(23)11-26-18(24)10-21-19(25)14-6-4-3-5-13(14)2/h3-9H,10-11H2,1-2H3,(H,21,25)(H,22,23). The van der Waals surface area contributed by atoms with Crippen molar-refractivity contribution in [3.63, 3.8) is 0 Å². The molecule has 26 heavy (non-hydrogen) atoms. The van der Waals surface area contributed by atoms with Crippen molar-refractivity contribution in [2.75, 3.05) is 18.5 Å². The van der Waals surface area contributed by atoms with Gasteiger partial charge in [0.05, 0.1) is 5.69 Å². The predicted molar refractivity (Wildman–Crippen MR) is 102 cm³/mol. The molecule has 0 aliphatic carbocycles. The van der Waals surface area contributed by atoms with E-state index in [-0.39, 0.29) is 12.5 Å². The normalized spacial score (nSPS) is 10.1. The summed E-state index contributed by atoms with van der Waals surface area (Å²) in [4.78, 5) is 35.6. The molecule has 0 spiro atoms. The van der Waals surface area contributed by atoms with E-state index < -0.39 is 18.5 Å². The van der Waals surface area contributed by atoms with Gasteiger partial charge in [-0.2, -0.15) is 0 Å². The second-order valence-electron chi connectivity index (χ2n) is 5.69. The molecule has 0 saturated carbocycles. The number of carbonyl (C=O) groups is 3. The maximum absolute atomic E-state index is 12.0. The van der Waals surface area contributed by atoms with Gasteiger partial charge >= 0.3 is 5.97 Å². The topological polar surface area (TPSA) is 84.5 Å². The molecule has 0 fully saturated rings. The summed E-state index contributed by atoms with van der Waals surface area (Å²) in [6.07, 6.45) is 0. The van der Waals surface area contributed by atoms with Crippen LogP contribution in [0.1, 0.15) is 21.5 Å². The van der Waals surface area contributed by atoms with Crippen molar-refractivity contribution >= 4 is 39.4 Å². The van der Waals surface area contributed by atoms with E-state index in [1.165, 1.54) is 0 Å². The zero-order valence-electron chi connectivity index (χ0n) is 14.5. The molecule has 0 radical (unpaired) electrons. The molecule has 0 saturated heterocycles. The minimum Gasteiger partial charge on any atom is -0.454 e. The molecule has 6 nitrogen and oxygen atoms in total. The van der Waals surface area contributed by atoms with Gasteiger partial charge in [-0.05, 0) is 59.1 Å². The molecular formula is C19H19BrN2O4. The minimum atomic E-state index is -0.690. The number of nitrogens with one attached hydrogen (secondary N) is 2. The van der Waals surface area contributed by atoms with E-state index >= 15 is 0 Å². The number of hydrogen-bond donors (Lipinski definition) is 2. The molecule has 0 aromatic heterocycles. The molecule has 0 unspecified atom stereocenters. The number of amides is 2. The van der Waals surface area contributed by atoms with Crippen LogP contribution in [0.3, 0.4) is 0 Å². The minimum absolute atomic E-state index is 0.311. The molecule has 136 valence electrons. The SMILES string of the molecule is Cc1ccc(NC(=O)COC(=O)CNC(=O)c2ccccc2C)c(Br)c1. The van der Waals surface area contributed by atoms with Crippen LogP contribution < -0.4 is 10.6 Å². The van der Waals surface area contributed by atoms with E-state index in [0.29, 0.717) is 11.3 Å². The number of hydrogen-bond acceptors (Lipinski definition) is 4. The van der Waals surface area contributed by atoms with Crippen LogP contribution in [0.15, 0.2) is 46.9 Å². The number of benzene rings is 2. The number of rotatable bonds is 6. The van der Waals surface area contributed by atoms with Crippen LogP contribution in [0.5, 0.6) is 0 Å². The fraction of sp³-hybridized carbons (Fsp3) is 0.211. The zero-order valence-corrected chi connectivity index (χ0v) is 16.1. The Bertz CT molecular complexity index is 836. The van der Waals surface area contributed by atoms with Gasteiger partial charge in [-0.15, -0.1) is 0 Å². The highest BCUT2D eigenvalue weighted by molar-refractivity contribution is 9.10. The van der Waals surface area contributed by atoms with Crippen molar-refractivity contribution in [3.05, 3.63) is 63.6 Å². The third kappa shape index (κ3) is 5.70. The molecule has 0 atom stereocenters. The maximum atomic E-state index is 12.0. The number of ether oxygens (including phenoxy) is 1. The highest BCUT2D eigenvalue weighted by Crippen LogP contribution is 2.23. The molecule has 2 aromatic carbocycles. The van der Waals surface area contributed by atoms with Crippen LogP contribution in [0, 0.1) is 13.8 Å². The van der Waals surface area contributed by atoms with Crippen molar-refractivity contribution < 1.29 is 19.1 Å². The van der Waals surface area contributed by atoms with Crippen LogP contribution >= 0.6 is 15.9 Å². The van der Waals surface area contributed by atoms with E-state index in [1.807, 2.05) is 25.1 Å². The molecule has 2 N–H and O–H groups in total. The first-order valence-corrected chi connectivity index (χ1v) is 8.71. The Morgan fingerprint density at radius 1 is 1.08 bits per heavy atom. The fourth-order valence-corrected chi connectivity index (χ4v) is 2.77. The predicted octanol–water partition coefficient (Wildman–Crippen LogP) is 2.98. The second-order valence-corrected chi connectivity index (χ2v) is 6.54. The summed E-state index contributed by atoms with van der Waals surface area (Å²) in [6.45, 7) is 3.00. The summed E-state index contributed by atoms with van der Waals surface area (Å²) in [5, 5.41) is 5.12. The van der Waals surface area contributed by atoms with Crippen molar-refractivity contribution in [2.45, 2.75) is 13.8 Å². The average molecular weight is 419 g/mol. The zero-order chi connectivity index (χ0) is 19.1. The Kier molecular flexibility index (Phi) is 6.91. The number of aryl methyl sites for hydroxylation is 2. The highest BCUT2D eigenvalue weighted by Gasteiger charge is 2.12. The second kappa shape index (κ2) is 9.15. The van der Waals surface area contributed by atoms with E-state index in [4.69, 9.17) is 4.74 Å². The molecule has 0 aliphatic rings. The Morgan fingerprint density at radius 2 is 1.81 bits per heavy atom. The van der Waals surface area contributed by atoms with Gasteiger partial charge < -0.3 is 15.4 Å². The fourth-order valence-electron chi connectivity index (χ4n) is 2.18. The summed E-state index contributed by atoms with van der Waals surface area (Å²) in [6, 6.07) is 12.5. The Labute approximate surface area is 160 Å². The number of esters is 1. The van der Waals surface area contributed by atoms with Gasteiger partial charge in [0.15, 0.2) is 6.61 Å². The van der Waals surface area contributed by atoms with Crippen LogP contribution in [0.2, 0.25) is 0 Å². The maximum Gasteiger partial charge on any atom is 0.325 e. The Balaban J connectivity index is 1.77. The van der Waals surface area contributed by atoms with Gasteiger partial charge in [-0.25, -0.2) is 0 Å². The largest absolute Gasteiger partial charge is 0.454 e. The lowest BCUT2D eigenvalue weighted by Crippen LogP contribution is -2.32. The smallest absolute Gasteiger partial charge is 0.325 e. The van der Waals surface area contributed by atoms with Gasteiger partial charge in [0.1, 0.15) is 6.54 Å². The van der Waals surface area contributed by atoms with Crippen LogP contribution in [-0.4, -0.2) is 30.9 Å². The van der Waals surface area contributed by atoms with Gasteiger partial charge in [-0.1, -0.05) is 24.3 Å². The lowest BCUT2D eigenvalue weighted by molar-refractivity contribution is -0.146. The molecule has 2 aromatic rings. The van der Waals surface area contributed by atoms with Gasteiger partial charge in [0, 0.05) is 10.0 Å². The number of anilines is 1. The molecule has 2 amide bonds. The molecular weight excluding hydrogens is 400 g/mol. The molecule has 0 aliphatic heterocycles.